The van der Waals surface area contributed by atoms with Gasteiger partial charge in [0.05, 0.1) is 18.1 Å². The highest BCUT2D eigenvalue weighted by Gasteiger charge is 2.04. The molecule has 98 valence electrons. The largest absolute Gasteiger partial charge is 0.380 e. The van der Waals surface area contributed by atoms with E-state index in [1.165, 1.54) is 6.07 Å². The van der Waals surface area contributed by atoms with E-state index in [-0.39, 0.29) is 10.6 Å². The van der Waals surface area contributed by atoms with Crippen LogP contribution in [0.2, 0.25) is 0 Å². The Hall–Kier alpha value is -1.72. The highest BCUT2D eigenvalue weighted by atomic mass is 16.6. The van der Waals surface area contributed by atoms with E-state index in [2.05, 4.69) is 11.9 Å². The molecule has 0 spiro atoms. The lowest BCUT2D eigenvalue weighted by Crippen LogP contribution is -2.19. The molecule has 5 heteroatoms. The Morgan fingerprint density at radius 3 is 3.00 bits per heavy atom. The normalized spacial score (nSPS) is 10.2. The fraction of sp³-hybridized carbons (Fsp3) is 0.385. The molecule has 0 saturated carbocycles. The zero-order chi connectivity index (χ0) is 13.2. The quantitative estimate of drug-likeness (QED) is 0.316. The van der Waals surface area contributed by atoms with Gasteiger partial charge in [0, 0.05) is 25.2 Å². The van der Waals surface area contributed by atoms with Gasteiger partial charge in [0.15, 0.2) is 0 Å². The molecule has 1 N–H and O–H groups in total. The van der Waals surface area contributed by atoms with E-state index in [0.29, 0.717) is 19.8 Å². The Bertz CT molecular complexity index is 394. The van der Waals surface area contributed by atoms with Crippen LogP contribution in [-0.2, 0) is 11.3 Å². The standard InChI is InChI=1S/C13H18N2O3/c1-2-3-8-18-9-7-14-11-12-5-4-6-13(10-12)15(16)17/h2,4-6,10,14H,1,3,7-9,11H2. The first-order valence-electron chi connectivity index (χ1n) is 5.86. The van der Waals surface area contributed by atoms with E-state index >= 15 is 0 Å². The van der Waals surface area contributed by atoms with Crippen molar-refractivity contribution in [2.75, 3.05) is 19.8 Å². The summed E-state index contributed by atoms with van der Waals surface area (Å²) >= 11 is 0. The molecule has 0 aliphatic carbocycles. The van der Waals surface area contributed by atoms with Crippen LogP contribution in [0.3, 0.4) is 0 Å². The minimum Gasteiger partial charge on any atom is -0.380 e. The second-order valence-electron chi connectivity index (χ2n) is 3.79. The van der Waals surface area contributed by atoms with Gasteiger partial charge in [0.2, 0.25) is 0 Å². The van der Waals surface area contributed by atoms with Crippen LogP contribution in [-0.4, -0.2) is 24.7 Å². The van der Waals surface area contributed by atoms with Crippen molar-refractivity contribution in [2.45, 2.75) is 13.0 Å². The molecule has 0 atom stereocenters. The van der Waals surface area contributed by atoms with Gasteiger partial charge in [-0.1, -0.05) is 18.2 Å². The van der Waals surface area contributed by atoms with Crippen molar-refractivity contribution in [3.8, 4) is 0 Å². The molecule has 0 aromatic heterocycles. The van der Waals surface area contributed by atoms with Gasteiger partial charge in [0.1, 0.15) is 0 Å². The number of hydrogen-bond acceptors (Lipinski definition) is 4. The third-order valence-electron chi connectivity index (χ3n) is 2.34. The first-order valence-corrected chi connectivity index (χ1v) is 5.86. The van der Waals surface area contributed by atoms with E-state index in [0.717, 1.165) is 18.5 Å². The van der Waals surface area contributed by atoms with Gasteiger partial charge >= 0.3 is 0 Å². The molecule has 0 bridgehead atoms. The van der Waals surface area contributed by atoms with Crippen LogP contribution in [0.15, 0.2) is 36.9 Å². The molecule has 0 aliphatic rings. The minimum atomic E-state index is -0.387. The van der Waals surface area contributed by atoms with Crippen molar-refractivity contribution < 1.29 is 9.66 Å². The summed E-state index contributed by atoms with van der Waals surface area (Å²) in [7, 11) is 0. The van der Waals surface area contributed by atoms with Gasteiger partial charge in [-0.15, -0.1) is 6.58 Å². The lowest BCUT2D eigenvalue weighted by Gasteiger charge is -2.05. The molecule has 0 unspecified atom stereocenters. The smallest absolute Gasteiger partial charge is 0.269 e. The third kappa shape index (κ3) is 5.56. The number of hydrogen-bond donors (Lipinski definition) is 1. The predicted molar refractivity (Wildman–Crippen MR) is 70.4 cm³/mol. The number of nitrogens with one attached hydrogen (secondary N) is 1. The molecule has 0 fully saturated rings. The van der Waals surface area contributed by atoms with Crippen molar-refractivity contribution in [3.63, 3.8) is 0 Å². The molecule has 0 saturated heterocycles. The summed E-state index contributed by atoms with van der Waals surface area (Å²) in [4.78, 5) is 10.2. The first-order chi connectivity index (χ1) is 8.74. The summed E-state index contributed by atoms with van der Waals surface area (Å²) < 4.78 is 5.33. The van der Waals surface area contributed by atoms with Crippen LogP contribution in [0.1, 0.15) is 12.0 Å². The molecule has 1 rings (SSSR count). The fourth-order valence-corrected chi connectivity index (χ4v) is 1.43. The molecule has 1 aromatic carbocycles. The minimum absolute atomic E-state index is 0.122. The van der Waals surface area contributed by atoms with Crippen LogP contribution in [0, 0.1) is 10.1 Å². The number of rotatable bonds is 9. The Labute approximate surface area is 107 Å². The second-order valence-corrected chi connectivity index (χ2v) is 3.79. The average molecular weight is 250 g/mol. The molecular formula is C13H18N2O3. The Morgan fingerprint density at radius 2 is 2.28 bits per heavy atom. The van der Waals surface area contributed by atoms with Crippen molar-refractivity contribution >= 4 is 5.69 Å². The van der Waals surface area contributed by atoms with Gasteiger partial charge in [-0.2, -0.15) is 0 Å². The maximum atomic E-state index is 10.6. The second kappa shape index (κ2) is 8.38. The van der Waals surface area contributed by atoms with Crippen LogP contribution in [0.5, 0.6) is 0 Å². The highest BCUT2D eigenvalue weighted by Crippen LogP contribution is 2.12. The SMILES string of the molecule is C=CCCOCCNCc1cccc([N+](=O)[O-])c1. The zero-order valence-corrected chi connectivity index (χ0v) is 10.3. The Balaban J connectivity index is 2.21. The van der Waals surface area contributed by atoms with Crippen molar-refractivity contribution in [2.24, 2.45) is 0 Å². The van der Waals surface area contributed by atoms with Gasteiger partial charge in [-0.05, 0) is 12.0 Å². The van der Waals surface area contributed by atoms with E-state index in [1.807, 2.05) is 12.1 Å². The number of nitro groups is 1. The highest BCUT2D eigenvalue weighted by molar-refractivity contribution is 5.34. The predicted octanol–water partition coefficient (Wildman–Crippen LogP) is 2.28. The number of non-ortho nitro benzene ring substituents is 1. The summed E-state index contributed by atoms with van der Waals surface area (Å²) in [5.74, 6) is 0. The Morgan fingerprint density at radius 1 is 1.44 bits per heavy atom. The number of benzene rings is 1. The maximum Gasteiger partial charge on any atom is 0.269 e. The van der Waals surface area contributed by atoms with Crippen molar-refractivity contribution in [1.29, 1.82) is 0 Å². The van der Waals surface area contributed by atoms with E-state index < -0.39 is 0 Å². The number of nitrogens with zero attached hydrogens (tertiary/aromatic N) is 1. The molecule has 0 aliphatic heterocycles. The maximum absolute atomic E-state index is 10.6. The molecule has 5 nitrogen and oxygen atoms in total. The topological polar surface area (TPSA) is 64.4 Å². The van der Waals surface area contributed by atoms with Crippen LogP contribution in [0.25, 0.3) is 0 Å². The van der Waals surface area contributed by atoms with Crippen molar-refractivity contribution in [1.82, 2.24) is 5.32 Å². The molecule has 18 heavy (non-hydrogen) atoms. The van der Waals surface area contributed by atoms with Crippen LogP contribution in [0.4, 0.5) is 5.69 Å². The van der Waals surface area contributed by atoms with Crippen molar-refractivity contribution in [3.05, 3.63) is 52.6 Å². The summed E-state index contributed by atoms with van der Waals surface area (Å²) in [5.41, 5.74) is 1.02. The molecule has 0 radical (unpaired) electrons. The van der Waals surface area contributed by atoms with Gasteiger partial charge in [-0.3, -0.25) is 10.1 Å². The lowest BCUT2D eigenvalue weighted by molar-refractivity contribution is -0.384. The first kappa shape index (κ1) is 14.3. The van der Waals surface area contributed by atoms with Gasteiger partial charge < -0.3 is 10.1 Å². The monoisotopic (exact) mass is 250 g/mol. The van der Waals surface area contributed by atoms with E-state index in [9.17, 15) is 10.1 Å². The van der Waals surface area contributed by atoms with Crippen LogP contribution < -0.4 is 5.32 Å². The molecular weight excluding hydrogens is 232 g/mol. The summed E-state index contributed by atoms with van der Waals surface area (Å²) in [6, 6.07) is 6.61. The summed E-state index contributed by atoms with van der Waals surface area (Å²) in [5, 5.41) is 13.8. The number of nitro benzene ring substituents is 1. The average Bonchev–Trinajstić information content (AvgIpc) is 2.38. The zero-order valence-electron chi connectivity index (χ0n) is 10.3. The van der Waals surface area contributed by atoms with E-state index in [4.69, 9.17) is 4.74 Å². The molecule has 1 aromatic rings. The Kier molecular flexibility index (Phi) is 6.68. The lowest BCUT2D eigenvalue weighted by atomic mass is 10.2. The number of ether oxygens (including phenoxy) is 1. The molecule has 0 heterocycles. The van der Waals surface area contributed by atoms with Gasteiger partial charge in [-0.25, -0.2) is 0 Å². The summed E-state index contributed by atoms with van der Waals surface area (Å²) in [6.07, 6.45) is 2.67. The summed E-state index contributed by atoms with van der Waals surface area (Å²) in [6.45, 7) is 6.24. The van der Waals surface area contributed by atoms with Crippen LogP contribution >= 0.6 is 0 Å². The van der Waals surface area contributed by atoms with E-state index in [1.54, 1.807) is 12.1 Å². The van der Waals surface area contributed by atoms with Gasteiger partial charge in [0.25, 0.3) is 5.69 Å². The fourth-order valence-electron chi connectivity index (χ4n) is 1.43. The third-order valence-corrected chi connectivity index (χ3v) is 2.34. The molecule has 0 amide bonds.